The van der Waals surface area contributed by atoms with Gasteiger partial charge in [0, 0.05) is 6.54 Å². The second-order valence-electron chi connectivity index (χ2n) is 6.20. The Morgan fingerprint density at radius 2 is 2.00 bits per heavy atom. The van der Waals surface area contributed by atoms with E-state index in [0.717, 1.165) is 11.3 Å². The lowest BCUT2D eigenvalue weighted by molar-refractivity contribution is -0.150. The van der Waals surface area contributed by atoms with Gasteiger partial charge >= 0.3 is 12.1 Å². The van der Waals surface area contributed by atoms with Crippen LogP contribution in [0.2, 0.25) is 0 Å². The molecule has 1 heterocycles. The standard InChI is InChI=1S/C16H21NO5/c1-16(2,3)22-15(20)17-8-7-10-9-11(5-6-12(10)17)13(18)14(19)21-4/h5-6,9,13,18H,7-8H2,1-4H3. The number of anilines is 1. The van der Waals surface area contributed by atoms with Crippen LogP contribution < -0.4 is 4.90 Å². The number of benzene rings is 1. The molecule has 0 radical (unpaired) electrons. The van der Waals surface area contributed by atoms with E-state index in [1.165, 1.54) is 7.11 Å². The Morgan fingerprint density at radius 1 is 1.32 bits per heavy atom. The summed E-state index contributed by atoms with van der Waals surface area (Å²) in [4.78, 5) is 25.1. The third-order valence-corrected chi connectivity index (χ3v) is 3.35. The molecule has 0 aromatic heterocycles. The second kappa shape index (κ2) is 5.96. The molecule has 1 aromatic rings. The number of carbonyl (C=O) groups excluding carboxylic acids is 2. The first-order valence-electron chi connectivity index (χ1n) is 7.12. The van der Waals surface area contributed by atoms with Gasteiger partial charge in [-0.3, -0.25) is 4.90 Å². The van der Waals surface area contributed by atoms with E-state index in [-0.39, 0.29) is 0 Å². The zero-order chi connectivity index (χ0) is 16.5. The van der Waals surface area contributed by atoms with Crippen molar-refractivity contribution in [2.45, 2.75) is 38.9 Å². The lowest BCUT2D eigenvalue weighted by atomic mass is 10.0. The minimum atomic E-state index is -1.31. The van der Waals surface area contributed by atoms with E-state index in [9.17, 15) is 14.7 Å². The molecule has 1 amide bonds. The Balaban J connectivity index is 2.20. The summed E-state index contributed by atoms with van der Waals surface area (Å²) in [5.74, 6) is -0.707. The van der Waals surface area contributed by atoms with E-state index >= 15 is 0 Å². The van der Waals surface area contributed by atoms with Crippen molar-refractivity contribution in [1.29, 1.82) is 0 Å². The van der Waals surface area contributed by atoms with Gasteiger partial charge in [-0.2, -0.15) is 0 Å². The molecule has 0 aliphatic carbocycles. The molecule has 1 unspecified atom stereocenters. The van der Waals surface area contributed by atoms with Crippen LogP contribution >= 0.6 is 0 Å². The normalized spacial score (nSPS) is 15.2. The molecule has 1 aromatic carbocycles. The van der Waals surface area contributed by atoms with Crippen LogP contribution in [0.15, 0.2) is 18.2 Å². The Bertz CT molecular complexity index is 591. The van der Waals surface area contributed by atoms with Crippen LogP contribution in [0.4, 0.5) is 10.5 Å². The van der Waals surface area contributed by atoms with E-state index in [0.29, 0.717) is 18.5 Å². The number of hydrogen-bond acceptors (Lipinski definition) is 5. The highest BCUT2D eigenvalue weighted by atomic mass is 16.6. The van der Waals surface area contributed by atoms with Crippen molar-refractivity contribution in [3.63, 3.8) is 0 Å². The van der Waals surface area contributed by atoms with Crippen molar-refractivity contribution >= 4 is 17.7 Å². The van der Waals surface area contributed by atoms with Gasteiger partial charge in [0.2, 0.25) is 0 Å². The van der Waals surface area contributed by atoms with E-state index < -0.39 is 23.8 Å². The number of aliphatic hydroxyl groups excluding tert-OH is 1. The number of hydrogen-bond donors (Lipinski definition) is 1. The molecule has 1 aliphatic heterocycles. The maximum Gasteiger partial charge on any atom is 0.414 e. The monoisotopic (exact) mass is 307 g/mol. The Hall–Kier alpha value is -2.08. The van der Waals surface area contributed by atoms with Gasteiger partial charge in [0.05, 0.1) is 12.8 Å². The van der Waals surface area contributed by atoms with Crippen LogP contribution in [0, 0.1) is 0 Å². The van der Waals surface area contributed by atoms with E-state index in [4.69, 9.17) is 4.74 Å². The van der Waals surface area contributed by atoms with Gasteiger partial charge in [-0.05, 0) is 44.4 Å². The predicted molar refractivity (Wildman–Crippen MR) is 80.7 cm³/mol. The van der Waals surface area contributed by atoms with Gasteiger partial charge in [0.1, 0.15) is 5.60 Å². The zero-order valence-electron chi connectivity index (χ0n) is 13.3. The minimum absolute atomic E-state index is 0.396. The number of rotatable bonds is 2. The molecule has 1 N–H and O–H groups in total. The summed E-state index contributed by atoms with van der Waals surface area (Å²) in [6, 6.07) is 5.05. The molecular formula is C16H21NO5. The molecular weight excluding hydrogens is 286 g/mol. The smallest absolute Gasteiger partial charge is 0.414 e. The largest absolute Gasteiger partial charge is 0.467 e. The van der Waals surface area contributed by atoms with Gasteiger partial charge in [-0.1, -0.05) is 12.1 Å². The lowest BCUT2D eigenvalue weighted by Crippen LogP contribution is -2.35. The number of esters is 1. The number of methoxy groups -OCH3 is 1. The van der Waals surface area contributed by atoms with E-state index in [1.807, 2.05) is 20.8 Å². The molecule has 0 fully saturated rings. The molecule has 0 saturated carbocycles. The average Bonchev–Trinajstić information content (AvgIpc) is 2.86. The summed E-state index contributed by atoms with van der Waals surface area (Å²) in [6.07, 6.45) is -1.06. The topological polar surface area (TPSA) is 76.1 Å². The highest BCUT2D eigenvalue weighted by molar-refractivity contribution is 5.90. The van der Waals surface area contributed by atoms with Gasteiger partial charge < -0.3 is 14.6 Å². The van der Waals surface area contributed by atoms with Crippen molar-refractivity contribution in [2.24, 2.45) is 0 Å². The van der Waals surface area contributed by atoms with Crippen molar-refractivity contribution in [3.8, 4) is 0 Å². The molecule has 0 bridgehead atoms. The fourth-order valence-electron chi connectivity index (χ4n) is 2.35. The zero-order valence-corrected chi connectivity index (χ0v) is 13.3. The maximum atomic E-state index is 12.2. The first-order valence-corrected chi connectivity index (χ1v) is 7.12. The van der Waals surface area contributed by atoms with Crippen molar-refractivity contribution < 1.29 is 24.2 Å². The second-order valence-corrected chi connectivity index (χ2v) is 6.20. The molecule has 1 aliphatic rings. The van der Waals surface area contributed by atoms with Crippen LogP contribution in [-0.4, -0.2) is 36.4 Å². The minimum Gasteiger partial charge on any atom is -0.467 e. The number of fused-ring (bicyclic) bond motifs is 1. The molecule has 0 spiro atoms. The van der Waals surface area contributed by atoms with Crippen LogP contribution in [0.1, 0.15) is 38.0 Å². The summed E-state index contributed by atoms with van der Waals surface area (Å²) in [5, 5.41) is 9.87. The summed E-state index contributed by atoms with van der Waals surface area (Å²) >= 11 is 0. The highest BCUT2D eigenvalue weighted by Gasteiger charge is 2.30. The SMILES string of the molecule is COC(=O)C(O)c1ccc2c(c1)CCN2C(=O)OC(C)(C)C. The first-order chi connectivity index (χ1) is 10.2. The molecule has 1 atom stereocenters. The first kappa shape index (κ1) is 16.3. The quantitative estimate of drug-likeness (QED) is 0.848. The maximum absolute atomic E-state index is 12.2. The molecule has 6 heteroatoms. The van der Waals surface area contributed by atoms with Gasteiger partial charge in [0.15, 0.2) is 6.10 Å². The molecule has 6 nitrogen and oxygen atoms in total. The summed E-state index contributed by atoms with van der Waals surface area (Å²) in [5.41, 5.74) is 1.54. The fourth-order valence-corrected chi connectivity index (χ4v) is 2.35. The van der Waals surface area contributed by atoms with Crippen molar-refractivity contribution in [3.05, 3.63) is 29.3 Å². The van der Waals surface area contributed by atoms with Gasteiger partial charge in [-0.15, -0.1) is 0 Å². The summed E-state index contributed by atoms with van der Waals surface area (Å²) in [7, 11) is 1.23. The van der Waals surface area contributed by atoms with Crippen LogP contribution in [0.25, 0.3) is 0 Å². The third-order valence-electron chi connectivity index (χ3n) is 3.35. The Kier molecular flexibility index (Phi) is 4.42. The lowest BCUT2D eigenvalue weighted by Gasteiger charge is -2.24. The van der Waals surface area contributed by atoms with Crippen molar-refractivity contribution in [1.82, 2.24) is 0 Å². The summed E-state index contributed by atoms with van der Waals surface area (Å²) in [6.45, 7) is 5.97. The number of carbonyl (C=O) groups is 2. The number of nitrogens with zero attached hydrogens (tertiary/aromatic N) is 1. The molecule has 22 heavy (non-hydrogen) atoms. The third kappa shape index (κ3) is 3.39. The van der Waals surface area contributed by atoms with Gasteiger partial charge in [-0.25, -0.2) is 9.59 Å². The van der Waals surface area contributed by atoms with E-state index in [1.54, 1.807) is 23.1 Å². The van der Waals surface area contributed by atoms with Crippen LogP contribution in [0.5, 0.6) is 0 Å². The average molecular weight is 307 g/mol. The Morgan fingerprint density at radius 3 is 2.59 bits per heavy atom. The molecule has 2 rings (SSSR count). The van der Waals surface area contributed by atoms with Crippen molar-refractivity contribution in [2.75, 3.05) is 18.6 Å². The highest BCUT2D eigenvalue weighted by Crippen LogP contribution is 2.32. The number of aliphatic hydroxyl groups is 1. The fraction of sp³-hybridized carbons (Fsp3) is 0.500. The number of amides is 1. The molecule has 120 valence electrons. The van der Waals surface area contributed by atoms with E-state index in [2.05, 4.69) is 4.74 Å². The summed E-state index contributed by atoms with van der Waals surface area (Å²) < 4.78 is 9.90. The predicted octanol–water partition coefficient (Wildman–Crippen LogP) is 2.19. The number of ether oxygens (including phenoxy) is 2. The van der Waals surface area contributed by atoms with Gasteiger partial charge in [0.25, 0.3) is 0 Å². The molecule has 0 saturated heterocycles. The Labute approximate surface area is 129 Å². The van der Waals surface area contributed by atoms with Crippen LogP contribution in [0.3, 0.4) is 0 Å². The van der Waals surface area contributed by atoms with Crippen LogP contribution in [-0.2, 0) is 20.7 Å².